The number of hydrogen-bond acceptors (Lipinski definition) is 1. The zero-order valence-electron chi connectivity index (χ0n) is 12.3. The largest absolute Gasteiger partial charge is 0.325 e. The lowest BCUT2D eigenvalue weighted by Gasteiger charge is -2.31. The molecule has 0 spiro atoms. The summed E-state index contributed by atoms with van der Waals surface area (Å²) < 4.78 is 15.8. The first-order valence-corrected chi connectivity index (χ1v) is 8.83. The van der Waals surface area contributed by atoms with Gasteiger partial charge >= 0.3 is 0 Å². The maximum Gasteiger partial charge on any atom is 0.207 e. The molecule has 2 unspecified atom stereocenters. The van der Waals surface area contributed by atoms with Crippen LogP contribution in [0.1, 0.15) is 34.1 Å². The molecule has 2 nitrogen and oxygen atoms in total. The van der Waals surface area contributed by atoms with Gasteiger partial charge in [-0.3, -0.25) is 4.57 Å². The quantitative estimate of drug-likeness (QED) is 0.767. The van der Waals surface area contributed by atoms with Crippen molar-refractivity contribution in [1.82, 2.24) is 4.67 Å². The number of nitrogens with zero attached hydrogens (tertiary/aromatic N) is 1. The monoisotopic (exact) mass is 277 g/mol. The van der Waals surface area contributed by atoms with Crippen molar-refractivity contribution in [3.05, 3.63) is 42.1 Å². The van der Waals surface area contributed by atoms with Gasteiger partial charge in [0.15, 0.2) is 0 Å². The van der Waals surface area contributed by atoms with Gasteiger partial charge in [-0.15, -0.1) is 0 Å². The molecule has 1 aliphatic heterocycles. The van der Waals surface area contributed by atoms with E-state index in [-0.39, 0.29) is 5.66 Å². The van der Waals surface area contributed by atoms with Gasteiger partial charge in [0.2, 0.25) is 7.29 Å². The molecule has 0 amide bonds. The zero-order valence-corrected chi connectivity index (χ0v) is 13.2. The minimum atomic E-state index is -2.51. The summed E-state index contributed by atoms with van der Waals surface area (Å²) in [5.41, 5.74) is 1.43. The van der Waals surface area contributed by atoms with Crippen LogP contribution in [0.4, 0.5) is 0 Å². The second-order valence-corrected chi connectivity index (χ2v) is 8.67. The molecular formula is C16H24NOP. The molecule has 0 fully saturated rings. The van der Waals surface area contributed by atoms with Gasteiger partial charge in [0.05, 0.1) is 5.66 Å². The third-order valence-electron chi connectivity index (χ3n) is 3.75. The normalized spacial score (nSPS) is 26.9. The van der Waals surface area contributed by atoms with E-state index in [1.807, 2.05) is 30.3 Å². The van der Waals surface area contributed by atoms with Gasteiger partial charge in [0.1, 0.15) is 0 Å². The lowest BCUT2D eigenvalue weighted by atomic mass is 10.2. The lowest BCUT2D eigenvalue weighted by Crippen LogP contribution is -2.26. The van der Waals surface area contributed by atoms with E-state index in [4.69, 9.17) is 0 Å². The van der Waals surface area contributed by atoms with Crippen LogP contribution in [0.3, 0.4) is 0 Å². The van der Waals surface area contributed by atoms with E-state index in [0.29, 0.717) is 5.92 Å². The Bertz CT molecular complexity index is 507. The van der Waals surface area contributed by atoms with Crippen LogP contribution in [0.15, 0.2) is 42.1 Å². The average Bonchev–Trinajstić information content (AvgIpc) is 2.62. The topological polar surface area (TPSA) is 20.3 Å². The van der Waals surface area contributed by atoms with Crippen molar-refractivity contribution in [2.45, 2.75) is 39.8 Å². The molecule has 0 aliphatic carbocycles. The van der Waals surface area contributed by atoms with E-state index >= 15 is 0 Å². The highest BCUT2D eigenvalue weighted by Crippen LogP contribution is 2.61. The fourth-order valence-electron chi connectivity index (χ4n) is 2.95. The number of rotatable bonds is 4. The Hall–Kier alpha value is -1.01. The van der Waals surface area contributed by atoms with Crippen LogP contribution in [0, 0.1) is 5.92 Å². The van der Waals surface area contributed by atoms with Crippen molar-refractivity contribution in [3.63, 3.8) is 0 Å². The Kier molecular flexibility index (Phi) is 4.20. The van der Waals surface area contributed by atoms with Gasteiger partial charge in [0.25, 0.3) is 0 Å². The van der Waals surface area contributed by atoms with Crippen molar-refractivity contribution in [1.29, 1.82) is 0 Å². The minimum absolute atomic E-state index is 0.175. The van der Waals surface area contributed by atoms with Gasteiger partial charge in [-0.2, -0.15) is 0 Å². The van der Waals surface area contributed by atoms with Crippen LogP contribution >= 0.6 is 7.29 Å². The SMILES string of the molecule is CCC1C(C)=CN(CC(C)C)P1(=O)c1ccccc1. The van der Waals surface area contributed by atoms with E-state index < -0.39 is 7.29 Å². The summed E-state index contributed by atoms with van der Waals surface area (Å²) in [7, 11) is -2.51. The Balaban J connectivity index is 2.46. The van der Waals surface area contributed by atoms with Crippen molar-refractivity contribution >= 4 is 12.6 Å². The summed E-state index contributed by atoms with van der Waals surface area (Å²) in [5.74, 6) is 0.511. The molecule has 0 saturated heterocycles. The summed E-state index contributed by atoms with van der Waals surface area (Å²) in [6.45, 7) is 9.47. The molecule has 0 aromatic heterocycles. The summed E-state index contributed by atoms with van der Waals surface area (Å²) in [6, 6.07) is 10.00. The Morgan fingerprint density at radius 1 is 1.26 bits per heavy atom. The summed E-state index contributed by atoms with van der Waals surface area (Å²) in [4.78, 5) is 0. The molecule has 0 N–H and O–H groups in total. The first-order chi connectivity index (χ1) is 9.00. The molecule has 0 radical (unpaired) electrons. The smallest absolute Gasteiger partial charge is 0.207 e. The van der Waals surface area contributed by atoms with Crippen LogP contribution in [-0.2, 0) is 4.57 Å². The zero-order chi connectivity index (χ0) is 14.0. The lowest BCUT2D eigenvalue weighted by molar-refractivity contribution is 0.453. The van der Waals surface area contributed by atoms with Crippen LogP contribution in [0.25, 0.3) is 0 Å². The number of hydrogen-bond donors (Lipinski definition) is 0. The second kappa shape index (κ2) is 5.54. The van der Waals surface area contributed by atoms with Gasteiger partial charge < -0.3 is 4.67 Å². The summed E-state index contributed by atoms with van der Waals surface area (Å²) in [5, 5.41) is 0.996. The van der Waals surface area contributed by atoms with Crippen LogP contribution < -0.4 is 5.30 Å². The molecular weight excluding hydrogens is 253 g/mol. The highest BCUT2D eigenvalue weighted by atomic mass is 31.2. The van der Waals surface area contributed by atoms with E-state index in [1.54, 1.807) is 0 Å². The molecule has 2 atom stereocenters. The van der Waals surface area contributed by atoms with Crippen LogP contribution in [0.2, 0.25) is 0 Å². The minimum Gasteiger partial charge on any atom is -0.325 e. The average molecular weight is 277 g/mol. The predicted molar refractivity (Wildman–Crippen MR) is 83.1 cm³/mol. The van der Waals surface area contributed by atoms with Gasteiger partial charge in [0, 0.05) is 18.0 Å². The third-order valence-corrected chi connectivity index (χ3v) is 7.44. The Morgan fingerprint density at radius 3 is 2.42 bits per heavy atom. The first-order valence-electron chi connectivity index (χ1n) is 7.11. The molecule has 0 saturated carbocycles. The highest BCUT2D eigenvalue weighted by molar-refractivity contribution is 7.70. The van der Waals surface area contributed by atoms with Gasteiger partial charge in [-0.1, -0.05) is 39.0 Å². The number of benzene rings is 1. The molecule has 1 aromatic rings. The predicted octanol–water partition coefficient (Wildman–Crippen LogP) is 4.24. The number of allylic oxidation sites excluding steroid dienone is 1. The Morgan fingerprint density at radius 2 is 1.89 bits per heavy atom. The van der Waals surface area contributed by atoms with E-state index in [0.717, 1.165) is 18.3 Å². The van der Waals surface area contributed by atoms with E-state index in [1.165, 1.54) is 5.57 Å². The molecule has 3 heteroatoms. The molecule has 2 rings (SSSR count). The fraction of sp³-hybridized carbons (Fsp3) is 0.500. The molecule has 1 heterocycles. The molecule has 104 valence electrons. The Labute approximate surface area is 116 Å². The summed E-state index contributed by atoms with van der Waals surface area (Å²) >= 11 is 0. The molecule has 1 aliphatic rings. The van der Waals surface area contributed by atoms with Gasteiger partial charge in [-0.25, -0.2) is 0 Å². The third kappa shape index (κ3) is 2.51. The highest BCUT2D eigenvalue weighted by Gasteiger charge is 2.43. The second-order valence-electron chi connectivity index (χ2n) is 5.77. The van der Waals surface area contributed by atoms with E-state index in [2.05, 4.69) is 38.6 Å². The maximum atomic E-state index is 13.7. The maximum absolute atomic E-state index is 13.7. The van der Waals surface area contributed by atoms with Crippen molar-refractivity contribution in [2.75, 3.05) is 6.54 Å². The van der Waals surface area contributed by atoms with Crippen LogP contribution in [-0.4, -0.2) is 16.9 Å². The van der Waals surface area contributed by atoms with Gasteiger partial charge in [-0.05, 0) is 37.0 Å². The molecule has 19 heavy (non-hydrogen) atoms. The van der Waals surface area contributed by atoms with Crippen molar-refractivity contribution in [3.8, 4) is 0 Å². The van der Waals surface area contributed by atoms with Crippen LogP contribution in [0.5, 0.6) is 0 Å². The van der Waals surface area contributed by atoms with E-state index in [9.17, 15) is 4.57 Å². The van der Waals surface area contributed by atoms with Crippen molar-refractivity contribution < 1.29 is 4.57 Å². The molecule has 1 aromatic carbocycles. The fourth-order valence-corrected chi connectivity index (χ4v) is 6.60. The summed E-state index contributed by atoms with van der Waals surface area (Å²) in [6.07, 6.45) is 3.06. The molecule has 0 bridgehead atoms. The first kappa shape index (κ1) is 14.4. The van der Waals surface area contributed by atoms with Crippen molar-refractivity contribution in [2.24, 2.45) is 5.92 Å². The standard InChI is InChI=1S/C16H24NOP/c1-5-16-14(4)12-17(11-13(2)3)19(16,18)15-9-7-6-8-10-15/h6-10,12-13,16H,5,11H2,1-4H3.